The first-order valence-electron chi connectivity index (χ1n) is 7.25. The van der Waals surface area contributed by atoms with Gasteiger partial charge in [-0.05, 0) is 36.6 Å². The summed E-state index contributed by atoms with van der Waals surface area (Å²) in [4.78, 5) is 12.9. The molecule has 0 spiro atoms. The molecule has 3 aromatic heterocycles. The Hall–Kier alpha value is -2.56. The van der Waals surface area contributed by atoms with E-state index in [9.17, 15) is 4.39 Å². The fraction of sp³-hybridized carbons (Fsp3) is 0.235. The molecular weight excluding hydrogens is 279 g/mol. The van der Waals surface area contributed by atoms with E-state index >= 15 is 0 Å². The summed E-state index contributed by atoms with van der Waals surface area (Å²) in [5.74, 6) is 0.448. The van der Waals surface area contributed by atoms with Gasteiger partial charge in [-0.25, -0.2) is 15.0 Å². The number of pyridine rings is 1. The lowest BCUT2D eigenvalue weighted by atomic mass is 10.0. The van der Waals surface area contributed by atoms with Crippen molar-refractivity contribution in [3.8, 4) is 0 Å². The Morgan fingerprint density at radius 1 is 1.27 bits per heavy atom. The third-order valence-electron chi connectivity index (χ3n) is 3.64. The maximum atomic E-state index is 13.7. The number of aryl methyl sites for hydroxylation is 2. The van der Waals surface area contributed by atoms with E-state index in [-0.39, 0.29) is 0 Å². The second-order valence-electron chi connectivity index (χ2n) is 5.24. The summed E-state index contributed by atoms with van der Waals surface area (Å²) < 4.78 is 15.1. The van der Waals surface area contributed by atoms with E-state index in [1.807, 2.05) is 13.0 Å². The Kier molecular flexibility index (Phi) is 3.71. The van der Waals surface area contributed by atoms with Crippen molar-refractivity contribution in [1.82, 2.24) is 19.4 Å². The van der Waals surface area contributed by atoms with E-state index in [0.717, 1.165) is 41.1 Å². The summed E-state index contributed by atoms with van der Waals surface area (Å²) in [6.45, 7) is 8.16. The molecule has 0 saturated carbocycles. The van der Waals surface area contributed by atoms with Crippen LogP contribution in [0, 0.1) is 12.9 Å². The molecule has 3 heterocycles. The first kappa shape index (κ1) is 14.4. The monoisotopic (exact) mass is 296 g/mol. The van der Waals surface area contributed by atoms with Gasteiger partial charge in [-0.1, -0.05) is 13.5 Å². The van der Waals surface area contributed by atoms with Crippen LogP contribution in [-0.2, 0) is 6.42 Å². The Morgan fingerprint density at radius 3 is 2.82 bits per heavy atom. The molecule has 0 radical (unpaired) electrons. The number of aromatic nitrogens is 4. The summed E-state index contributed by atoms with van der Waals surface area (Å²) in [6, 6.07) is 3.65. The first-order valence-corrected chi connectivity index (χ1v) is 7.25. The fourth-order valence-corrected chi connectivity index (χ4v) is 2.44. The van der Waals surface area contributed by atoms with Crippen LogP contribution in [0.1, 0.15) is 36.0 Å². The van der Waals surface area contributed by atoms with Crippen molar-refractivity contribution in [3.05, 3.63) is 65.9 Å². The van der Waals surface area contributed by atoms with Crippen LogP contribution in [0.25, 0.3) is 11.2 Å². The molecule has 3 aromatic rings. The minimum atomic E-state index is -0.393. The second kappa shape index (κ2) is 5.67. The second-order valence-corrected chi connectivity index (χ2v) is 5.24. The fourth-order valence-electron chi connectivity index (χ4n) is 2.44. The Morgan fingerprint density at radius 2 is 2.09 bits per heavy atom. The average Bonchev–Trinajstić information content (AvgIpc) is 2.88. The molecule has 22 heavy (non-hydrogen) atoms. The highest BCUT2D eigenvalue weighted by Gasteiger charge is 2.11. The van der Waals surface area contributed by atoms with Crippen molar-refractivity contribution >= 4 is 11.2 Å². The Bertz CT molecular complexity index is 851. The van der Waals surface area contributed by atoms with E-state index in [4.69, 9.17) is 0 Å². The van der Waals surface area contributed by atoms with Crippen molar-refractivity contribution in [1.29, 1.82) is 0 Å². The summed E-state index contributed by atoms with van der Waals surface area (Å²) >= 11 is 0. The molecule has 0 aromatic carbocycles. The van der Waals surface area contributed by atoms with Gasteiger partial charge < -0.3 is 0 Å². The quantitative estimate of drug-likeness (QED) is 0.739. The largest absolute Gasteiger partial charge is 0.276 e. The number of rotatable bonds is 4. The molecule has 0 aliphatic carbocycles. The van der Waals surface area contributed by atoms with Crippen LogP contribution in [0.5, 0.6) is 0 Å². The minimum absolute atomic E-state index is 0.393. The topological polar surface area (TPSA) is 43.1 Å². The van der Waals surface area contributed by atoms with E-state index in [1.165, 1.54) is 10.6 Å². The molecule has 4 nitrogen and oxygen atoms in total. The zero-order valence-electron chi connectivity index (χ0n) is 12.7. The predicted octanol–water partition coefficient (Wildman–Crippen LogP) is 3.59. The molecule has 0 N–H and O–H groups in total. The Labute approximate surface area is 128 Å². The third-order valence-corrected chi connectivity index (χ3v) is 3.64. The molecule has 0 atom stereocenters. The van der Waals surface area contributed by atoms with Gasteiger partial charge in [0, 0.05) is 30.1 Å². The van der Waals surface area contributed by atoms with Crippen LogP contribution < -0.4 is 0 Å². The van der Waals surface area contributed by atoms with Gasteiger partial charge in [-0.15, -0.1) is 0 Å². The molecule has 0 aliphatic heterocycles. The lowest BCUT2D eigenvalue weighted by Gasteiger charge is -2.10. The highest BCUT2D eigenvalue weighted by molar-refractivity contribution is 5.78. The third kappa shape index (κ3) is 2.50. The van der Waals surface area contributed by atoms with Crippen molar-refractivity contribution in [2.75, 3.05) is 0 Å². The number of nitrogens with zero attached hydrogens (tertiary/aromatic N) is 4. The van der Waals surface area contributed by atoms with Gasteiger partial charge in [0.2, 0.25) is 5.95 Å². The molecule has 5 heteroatoms. The SMILES string of the molecule is C=C(c1ccc2ncc(F)n2c1)c1cnc(CCC)nc1C. The molecular formula is C17H17FN4. The molecule has 0 amide bonds. The maximum Gasteiger partial charge on any atom is 0.217 e. The van der Waals surface area contributed by atoms with Crippen LogP contribution >= 0.6 is 0 Å². The summed E-state index contributed by atoms with van der Waals surface area (Å²) in [6.07, 6.45) is 6.56. The van der Waals surface area contributed by atoms with Crippen LogP contribution in [0.3, 0.4) is 0 Å². The first-order chi connectivity index (χ1) is 10.6. The van der Waals surface area contributed by atoms with E-state index in [1.54, 1.807) is 18.5 Å². The van der Waals surface area contributed by atoms with Gasteiger partial charge in [0.25, 0.3) is 0 Å². The summed E-state index contributed by atoms with van der Waals surface area (Å²) in [7, 11) is 0. The standard InChI is InChI=1S/C17H17FN4/c1-4-5-16-19-8-14(12(3)21-16)11(2)13-6-7-17-20-9-15(18)22(17)10-13/h6-10H,2,4-5H2,1,3H3. The average molecular weight is 296 g/mol. The van der Waals surface area contributed by atoms with Gasteiger partial charge >= 0.3 is 0 Å². The van der Waals surface area contributed by atoms with E-state index < -0.39 is 5.95 Å². The maximum absolute atomic E-state index is 13.7. The van der Waals surface area contributed by atoms with Crippen molar-refractivity contribution < 1.29 is 4.39 Å². The van der Waals surface area contributed by atoms with Crippen molar-refractivity contribution in [2.24, 2.45) is 0 Å². The van der Waals surface area contributed by atoms with Gasteiger partial charge in [0.05, 0.1) is 6.20 Å². The van der Waals surface area contributed by atoms with Crippen LogP contribution in [0.4, 0.5) is 4.39 Å². The molecule has 0 saturated heterocycles. The molecule has 0 aliphatic rings. The van der Waals surface area contributed by atoms with Crippen LogP contribution in [-0.4, -0.2) is 19.4 Å². The minimum Gasteiger partial charge on any atom is -0.276 e. The zero-order chi connectivity index (χ0) is 15.7. The molecule has 0 unspecified atom stereocenters. The zero-order valence-corrected chi connectivity index (χ0v) is 12.7. The van der Waals surface area contributed by atoms with Gasteiger partial charge in [-0.3, -0.25) is 4.40 Å². The lowest BCUT2D eigenvalue weighted by Crippen LogP contribution is -2.01. The highest BCUT2D eigenvalue weighted by atomic mass is 19.1. The predicted molar refractivity (Wildman–Crippen MR) is 84.1 cm³/mol. The molecule has 0 fully saturated rings. The Balaban J connectivity index is 1.99. The van der Waals surface area contributed by atoms with Crippen molar-refractivity contribution in [2.45, 2.75) is 26.7 Å². The van der Waals surface area contributed by atoms with Gasteiger partial charge in [-0.2, -0.15) is 4.39 Å². The highest BCUT2D eigenvalue weighted by Crippen LogP contribution is 2.24. The van der Waals surface area contributed by atoms with Gasteiger partial charge in [0.15, 0.2) is 0 Å². The van der Waals surface area contributed by atoms with Crippen LogP contribution in [0.2, 0.25) is 0 Å². The molecule has 112 valence electrons. The van der Waals surface area contributed by atoms with Crippen molar-refractivity contribution in [3.63, 3.8) is 0 Å². The van der Waals surface area contributed by atoms with Gasteiger partial charge in [0.1, 0.15) is 11.5 Å². The number of imidazole rings is 1. The number of hydrogen-bond acceptors (Lipinski definition) is 3. The lowest BCUT2D eigenvalue weighted by molar-refractivity contribution is 0.573. The van der Waals surface area contributed by atoms with Crippen LogP contribution in [0.15, 0.2) is 37.3 Å². The van der Waals surface area contributed by atoms with E-state index in [2.05, 4.69) is 28.5 Å². The number of fused-ring (bicyclic) bond motifs is 1. The summed E-state index contributed by atoms with van der Waals surface area (Å²) in [5, 5.41) is 0. The molecule has 3 rings (SSSR count). The summed E-state index contributed by atoms with van der Waals surface area (Å²) in [5.41, 5.74) is 3.92. The smallest absolute Gasteiger partial charge is 0.217 e. The molecule has 0 bridgehead atoms. The number of halogens is 1. The number of hydrogen-bond donors (Lipinski definition) is 0. The normalized spacial score (nSPS) is 11.0. The van der Waals surface area contributed by atoms with E-state index in [0.29, 0.717) is 5.65 Å².